The number of benzene rings is 1. The topological polar surface area (TPSA) is 83.8 Å². The second-order valence-electron chi connectivity index (χ2n) is 5.38. The Balaban J connectivity index is 2.18. The van der Waals surface area contributed by atoms with Gasteiger partial charge in [-0.15, -0.1) is 12.6 Å². The first-order chi connectivity index (χ1) is 10.7. The van der Waals surface area contributed by atoms with E-state index in [4.69, 9.17) is 12.2 Å². The fourth-order valence-corrected chi connectivity index (χ4v) is 3.94. The largest absolute Gasteiger partial charge is 0.352 e. The molecule has 7 nitrogen and oxygen atoms in total. The molecule has 1 aromatic carbocycles. The Hall–Kier alpha value is -1.23. The van der Waals surface area contributed by atoms with Crippen molar-refractivity contribution >= 4 is 44.9 Å². The molecule has 0 N–H and O–H groups in total. The Morgan fingerprint density at radius 2 is 2.00 bits per heavy atom. The second-order valence-corrected chi connectivity index (χ2v) is 8.47. The lowest BCUT2D eigenvalue weighted by Gasteiger charge is -2.41. The summed E-state index contributed by atoms with van der Waals surface area (Å²) in [6.07, 6.45) is 1.72. The average molecular weight is 375 g/mol. The van der Waals surface area contributed by atoms with E-state index in [1.54, 1.807) is 12.1 Å². The molecule has 2 rings (SSSR count). The SMILES string of the molecule is CS(=O)(=O)N1CCN(C(=S)S)C(Cc2ccc([N+](=O)[O-])cc2)C1. The Morgan fingerprint density at radius 1 is 1.39 bits per heavy atom. The number of nitro benzene ring substituents is 1. The summed E-state index contributed by atoms with van der Waals surface area (Å²) in [7, 11) is -3.27. The summed E-state index contributed by atoms with van der Waals surface area (Å²) in [6.45, 7) is 1.17. The van der Waals surface area contributed by atoms with Crippen molar-refractivity contribution in [2.75, 3.05) is 25.9 Å². The van der Waals surface area contributed by atoms with Gasteiger partial charge in [0.2, 0.25) is 10.0 Å². The predicted octanol–water partition coefficient (Wildman–Crippen LogP) is 1.30. The first kappa shape index (κ1) is 18.1. The standard InChI is InChI=1S/C13H17N3O4S3/c1-23(19,20)14-6-7-15(13(21)22)12(9-14)8-10-2-4-11(5-3-10)16(17)18/h2-5,12H,6-9H2,1H3,(H,21,22). The Labute approximate surface area is 145 Å². The number of nitro groups is 1. The molecule has 1 unspecified atom stereocenters. The fourth-order valence-electron chi connectivity index (χ4n) is 2.58. The zero-order valence-corrected chi connectivity index (χ0v) is 15.0. The molecule has 1 aliphatic heterocycles. The van der Waals surface area contributed by atoms with Crippen LogP contribution in [0.15, 0.2) is 24.3 Å². The molecule has 1 aromatic rings. The quantitative estimate of drug-likeness (QED) is 0.370. The highest BCUT2D eigenvalue weighted by atomic mass is 32.2. The highest BCUT2D eigenvalue weighted by molar-refractivity contribution is 8.10. The van der Waals surface area contributed by atoms with E-state index < -0.39 is 14.9 Å². The van der Waals surface area contributed by atoms with Gasteiger partial charge in [-0.05, 0) is 12.0 Å². The molecule has 1 atom stereocenters. The van der Waals surface area contributed by atoms with Gasteiger partial charge < -0.3 is 4.90 Å². The van der Waals surface area contributed by atoms with Crippen molar-refractivity contribution in [2.45, 2.75) is 12.5 Å². The molecule has 0 spiro atoms. The number of thiocarbonyl (C=S) groups is 1. The van der Waals surface area contributed by atoms with Crippen LogP contribution >= 0.6 is 24.8 Å². The van der Waals surface area contributed by atoms with Crippen molar-refractivity contribution in [3.8, 4) is 0 Å². The third-order valence-corrected chi connectivity index (χ3v) is 5.54. The van der Waals surface area contributed by atoms with Gasteiger partial charge in [-0.3, -0.25) is 10.1 Å². The summed E-state index contributed by atoms with van der Waals surface area (Å²) in [5.41, 5.74) is 0.905. The minimum Gasteiger partial charge on any atom is -0.352 e. The third kappa shape index (κ3) is 4.63. The Kier molecular flexibility index (Phi) is 5.61. The highest BCUT2D eigenvalue weighted by Gasteiger charge is 2.31. The molecular formula is C13H17N3O4S3. The number of nitrogens with zero attached hydrogens (tertiary/aromatic N) is 3. The van der Waals surface area contributed by atoms with Crippen LogP contribution in [0.2, 0.25) is 0 Å². The highest BCUT2D eigenvalue weighted by Crippen LogP contribution is 2.20. The summed E-state index contributed by atoms with van der Waals surface area (Å²) >= 11 is 9.34. The second kappa shape index (κ2) is 7.12. The summed E-state index contributed by atoms with van der Waals surface area (Å²) in [6, 6.07) is 6.09. The molecule has 10 heteroatoms. The van der Waals surface area contributed by atoms with Crippen molar-refractivity contribution in [3.05, 3.63) is 39.9 Å². The molecular weight excluding hydrogens is 358 g/mol. The molecule has 1 heterocycles. The zero-order chi connectivity index (χ0) is 17.2. The smallest absolute Gasteiger partial charge is 0.269 e. The minimum absolute atomic E-state index is 0.0247. The lowest BCUT2D eigenvalue weighted by atomic mass is 10.0. The van der Waals surface area contributed by atoms with Gasteiger partial charge >= 0.3 is 0 Å². The number of hydrogen-bond donors (Lipinski definition) is 1. The fraction of sp³-hybridized carbons (Fsp3) is 0.462. The van der Waals surface area contributed by atoms with Crippen LogP contribution in [0.3, 0.4) is 0 Å². The number of piperazine rings is 1. The van der Waals surface area contributed by atoms with Crippen molar-refractivity contribution < 1.29 is 13.3 Å². The summed E-state index contributed by atoms with van der Waals surface area (Å²) in [5, 5.41) is 10.7. The average Bonchev–Trinajstić information content (AvgIpc) is 2.46. The van der Waals surface area contributed by atoms with Gasteiger partial charge in [0.15, 0.2) is 0 Å². The van der Waals surface area contributed by atoms with Crippen molar-refractivity contribution in [2.24, 2.45) is 0 Å². The van der Waals surface area contributed by atoms with Crippen LogP contribution in [0.1, 0.15) is 5.56 Å². The summed E-state index contributed by atoms with van der Waals surface area (Å²) in [5.74, 6) is 0. The monoisotopic (exact) mass is 375 g/mol. The lowest BCUT2D eigenvalue weighted by Crippen LogP contribution is -2.55. The number of thiol groups is 1. The van der Waals surface area contributed by atoms with E-state index in [0.717, 1.165) is 5.56 Å². The van der Waals surface area contributed by atoms with Gasteiger partial charge in [0.25, 0.3) is 5.69 Å². The first-order valence-electron chi connectivity index (χ1n) is 6.86. The maximum Gasteiger partial charge on any atom is 0.269 e. The van der Waals surface area contributed by atoms with Crippen molar-refractivity contribution in [1.82, 2.24) is 9.21 Å². The van der Waals surface area contributed by atoms with E-state index in [1.807, 2.05) is 4.90 Å². The molecule has 23 heavy (non-hydrogen) atoms. The maximum absolute atomic E-state index is 11.8. The van der Waals surface area contributed by atoms with Gasteiger partial charge in [0, 0.05) is 37.8 Å². The van der Waals surface area contributed by atoms with Crippen LogP contribution in [0.4, 0.5) is 5.69 Å². The van der Waals surface area contributed by atoms with Gasteiger partial charge in [-0.25, -0.2) is 8.42 Å². The number of hydrogen-bond acceptors (Lipinski definition) is 5. The maximum atomic E-state index is 11.8. The van der Waals surface area contributed by atoms with Crippen molar-refractivity contribution in [3.63, 3.8) is 0 Å². The van der Waals surface area contributed by atoms with Crippen LogP contribution in [-0.4, -0.2) is 58.8 Å². The molecule has 0 aromatic heterocycles. The van der Waals surface area contributed by atoms with Gasteiger partial charge in [-0.2, -0.15) is 4.31 Å². The Bertz CT molecular complexity index is 706. The van der Waals surface area contributed by atoms with E-state index in [2.05, 4.69) is 12.6 Å². The summed E-state index contributed by atoms with van der Waals surface area (Å²) < 4.78 is 25.4. The van der Waals surface area contributed by atoms with Crippen LogP contribution in [0, 0.1) is 10.1 Å². The van der Waals surface area contributed by atoms with Gasteiger partial charge in [0.1, 0.15) is 4.32 Å². The van der Waals surface area contributed by atoms with E-state index in [-0.39, 0.29) is 11.7 Å². The number of non-ortho nitro benzene ring substituents is 1. The van der Waals surface area contributed by atoms with Gasteiger partial charge in [-0.1, -0.05) is 24.4 Å². The molecule has 126 valence electrons. The third-order valence-electron chi connectivity index (χ3n) is 3.78. The van der Waals surface area contributed by atoms with Crippen LogP contribution in [0.25, 0.3) is 0 Å². The molecule has 1 saturated heterocycles. The molecule has 0 bridgehead atoms. The molecule has 0 aliphatic carbocycles. The van der Waals surface area contributed by atoms with E-state index in [9.17, 15) is 18.5 Å². The minimum atomic E-state index is -3.27. The molecule has 1 aliphatic rings. The first-order valence-corrected chi connectivity index (χ1v) is 9.57. The Morgan fingerprint density at radius 3 is 2.48 bits per heavy atom. The normalized spacial score (nSPS) is 19.6. The zero-order valence-electron chi connectivity index (χ0n) is 12.5. The molecule has 0 amide bonds. The van der Waals surface area contributed by atoms with Crippen molar-refractivity contribution in [1.29, 1.82) is 0 Å². The molecule has 0 radical (unpaired) electrons. The van der Waals surface area contributed by atoms with Crippen LogP contribution < -0.4 is 0 Å². The summed E-state index contributed by atoms with van der Waals surface area (Å²) in [4.78, 5) is 12.1. The lowest BCUT2D eigenvalue weighted by molar-refractivity contribution is -0.384. The number of sulfonamides is 1. The molecule has 1 fully saturated rings. The van der Waals surface area contributed by atoms with Crippen LogP contribution in [0.5, 0.6) is 0 Å². The van der Waals surface area contributed by atoms with Gasteiger partial charge in [0.05, 0.1) is 11.2 Å². The van der Waals surface area contributed by atoms with E-state index in [0.29, 0.717) is 30.4 Å². The van der Waals surface area contributed by atoms with Crippen LogP contribution in [-0.2, 0) is 16.4 Å². The predicted molar refractivity (Wildman–Crippen MR) is 95.3 cm³/mol. The number of rotatable bonds is 4. The van der Waals surface area contributed by atoms with E-state index >= 15 is 0 Å². The van der Waals surface area contributed by atoms with E-state index in [1.165, 1.54) is 22.7 Å². The molecule has 0 saturated carbocycles.